The zero-order chi connectivity index (χ0) is 36.4. The average Bonchev–Trinajstić information content (AvgIpc) is 3.93. The van der Waals surface area contributed by atoms with Crippen molar-refractivity contribution in [2.45, 2.75) is 77.5 Å². The fourth-order valence-electron chi connectivity index (χ4n) is 6.58. The van der Waals surface area contributed by atoms with Crippen LogP contribution in [0, 0.1) is 11.8 Å². The predicted octanol–water partition coefficient (Wildman–Crippen LogP) is 5.05. The summed E-state index contributed by atoms with van der Waals surface area (Å²) in [5.74, 6) is 0.588. The Morgan fingerprint density at radius 3 is 1.67 bits per heavy atom. The van der Waals surface area contributed by atoms with Crippen molar-refractivity contribution in [2.75, 3.05) is 20.2 Å². The maximum absolute atomic E-state index is 13.5. The Labute approximate surface area is 302 Å². The zero-order valence-electron chi connectivity index (χ0n) is 29.0. The number of carbonyl (C=O) groups is 4. The van der Waals surface area contributed by atoms with Gasteiger partial charge in [-0.2, -0.15) is 0 Å². The highest BCUT2D eigenvalue weighted by atomic mass is 32.1. The van der Waals surface area contributed by atoms with Crippen molar-refractivity contribution >= 4 is 46.7 Å². The average molecular weight is 739 g/mol. The first-order valence-corrected chi connectivity index (χ1v) is 18.6. The normalized spacial score (nSPS) is 18.7. The molecule has 51 heavy (non-hydrogen) atoms. The fourth-order valence-corrected chi connectivity index (χ4v) is 8.37. The van der Waals surface area contributed by atoms with Gasteiger partial charge in [-0.3, -0.25) is 9.59 Å². The molecule has 2 fully saturated rings. The molecule has 4 aromatic rings. The number of hydrogen-bond acceptors (Lipinski definition) is 11. The smallest absolute Gasteiger partial charge is 0.407 e. The van der Waals surface area contributed by atoms with Crippen molar-refractivity contribution in [3.8, 4) is 31.2 Å². The van der Waals surface area contributed by atoms with Crippen molar-refractivity contribution < 1.29 is 29.0 Å². The minimum atomic E-state index is -1.23. The summed E-state index contributed by atoms with van der Waals surface area (Å²) in [4.78, 5) is 80.7. The predicted molar refractivity (Wildman–Crippen MR) is 190 cm³/mol. The second kappa shape index (κ2) is 15.2. The Morgan fingerprint density at radius 2 is 1.25 bits per heavy atom. The van der Waals surface area contributed by atoms with Crippen LogP contribution in [-0.4, -0.2) is 101 Å². The SMILES string of the molecule is COC(=O)N[C@H](C(=O)N1CCC[C@H]1c1nc(-c2cnc(-c3ncc(-c4c[nH]c([C@@H]5CCCN5C(=O)[C@@H](NC(=O)O)C(C)C)n4)s3)s2)c[nH]1)C(C)C. The Bertz CT molecular complexity index is 1880. The first kappa shape index (κ1) is 36.0. The third kappa shape index (κ3) is 7.61. The molecule has 4 atom stereocenters. The molecule has 272 valence electrons. The lowest BCUT2D eigenvalue weighted by Crippen LogP contribution is -2.51. The number of H-pyrrole nitrogens is 2. The van der Waals surface area contributed by atoms with Gasteiger partial charge in [0.1, 0.15) is 35.1 Å². The topological polar surface area (TPSA) is 211 Å². The third-order valence-corrected chi connectivity index (χ3v) is 11.4. The number of nitrogens with one attached hydrogen (secondary N) is 4. The maximum Gasteiger partial charge on any atom is 0.407 e. The van der Waals surface area contributed by atoms with Crippen LogP contribution in [0.2, 0.25) is 0 Å². The van der Waals surface area contributed by atoms with Crippen molar-refractivity contribution in [1.29, 1.82) is 0 Å². The van der Waals surface area contributed by atoms with Gasteiger partial charge in [0, 0.05) is 37.9 Å². The molecule has 16 nitrogen and oxygen atoms in total. The van der Waals surface area contributed by atoms with E-state index in [0.717, 1.165) is 45.5 Å². The third-order valence-electron chi connectivity index (χ3n) is 9.20. The molecule has 0 aliphatic carbocycles. The minimum absolute atomic E-state index is 0.122. The number of aromatic amines is 2. The molecular weight excluding hydrogens is 697 g/mol. The van der Waals surface area contributed by atoms with E-state index in [9.17, 15) is 24.3 Å². The Morgan fingerprint density at radius 1 is 0.804 bits per heavy atom. The number of ether oxygens (including phenoxy) is 1. The van der Waals surface area contributed by atoms with Crippen molar-refractivity contribution in [3.63, 3.8) is 0 Å². The monoisotopic (exact) mass is 738 g/mol. The second-order valence-electron chi connectivity index (χ2n) is 13.3. The van der Waals surface area contributed by atoms with Gasteiger partial charge in [-0.1, -0.05) is 27.7 Å². The van der Waals surface area contributed by atoms with Gasteiger partial charge >= 0.3 is 12.2 Å². The lowest BCUT2D eigenvalue weighted by Gasteiger charge is -2.29. The number of likely N-dealkylation sites (tertiary alicyclic amines) is 2. The van der Waals surface area contributed by atoms with Gasteiger partial charge in [-0.05, 0) is 37.5 Å². The molecule has 0 aromatic carbocycles. The number of amides is 4. The molecule has 0 radical (unpaired) electrons. The number of thiazole rings is 2. The van der Waals surface area contributed by atoms with E-state index in [2.05, 4.69) is 30.6 Å². The van der Waals surface area contributed by atoms with Gasteiger partial charge in [0.15, 0.2) is 10.0 Å². The molecule has 4 amide bonds. The van der Waals surface area contributed by atoms with Crippen LogP contribution in [0.5, 0.6) is 0 Å². The first-order valence-electron chi connectivity index (χ1n) is 16.9. The van der Waals surface area contributed by atoms with Crippen LogP contribution in [-0.2, 0) is 14.3 Å². The summed E-state index contributed by atoms with van der Waals surface area (Å²) in [7, 11) is 1.28. The van der Waals surface area contributed by atoms with Crippen LogP contribution < -0.4 is 10.6 Å². The number of aromatic nitrogens is 6. The van der Waals surface area contributed by atoms with E-state index in [0.29, 0.717) is 36.1 Å². The number of methoxy groups -OCH3 is 1. The van der Waals surface area contributed by atoms with Gasteiger partial charge in [0.2, 0.25) is 11.8 Å². The van der Waals surface area contributed by atoms with E-state index in [1.807, 2.05) is 33.9 Å². The molecule has 0 spiro atoms. The molecule has 0 bridgehead atoms. The van der Waals surface area contributed by atoms with Crippen molar-refractivity contribution in [3.05, 3.63) is 36.4 Å². The van der Waals surface area contributed by atoms with E-state index in [1.165, 1.54) is 29.8 Å². The molecule has 18 heteroatoms. The molecule has 6 rings (SSSR count). The number of imidazole rings is 2. The van der Waals surface area contributed by atoms with E-state index in [-0.39, 0.29) is 35.7 Å². The zero-order valence-corrected chi connectivity index (χ0v) is 30.6. The van der Waals surface area contributed by atoms with Crippen LogP contribution in [0.15, 0.2) is 24.8 Å². The summed E-state index contributed by atoms with van der Waals surface area (Å²) >= 11 is 2.91. The number of carboxylic acid groups (broad SMARTS) is 1. The van der Waals surface area contributed by atoms with Gasteiger partial charge in [0.25, 0.3) is 0 Å². The summed E-state index contributed by atoms with van der Waals surface area (Å²) in [6.07, 6.45) is 8.36. The summed E-state index contributed by atoms with van der Waals surface area (Å²) in [5, 5.41) is 15.8. The van der Waals surface area contributed by atoms with E-state index in [1.54, 1.807) is 28.4 Å². The minimum Gasteiger partial charge on any atom is -0.465 e. The summed E-state index contributed by atoms with van der Waals surface area (Å²) < 4.78 is 4.74. The highest BCUT2D eigenvalue weighted by Gasteiger charge is 2.39. The first-order chi connectivity index (χ1) is 24.4. The molecule has 2 saturated heterocycles. The molecule has 6 heterocycles. The number of hydrogen-bond donors (Lipinski definition) is 5. The Kier molecular flexibility index (Phi) is 10.7. The number of alkyl carbamates (subject to hydrolysis) is 1. The highest BCUT2D eigenvalue weighted by molar-refractivity contribution is 7.24. The molecule has 2 aliphatic rings. The maximum atomic E-state index is 13.5. The van der Waals surface area contributed by atoms with Crippen LogP contribution in [0.3, 0.4) is 0 Å². The van der Waals surface area contributed by atoms with Crippen LogP contribution in [0.25, 0.3) is 31.2 Å². The number of carbonyl (C=O) groups excluding carboxylic acids is 3. The summed E-state index contributed by atoms with van der Waals surface area (Å²) in [6, 6.07) is -2.07. The lowest BCUT2D eigenvalue weighted by molar-refractivity contribution is -0.136. The molecule has 2 aliphatic heterocycles. The van der Waals surface area contributed by atoms with Crippen molar-refractivity contribution in [1.82, 2.24) is 50.3 Å². The van der Waals surface area contributed by atoms with E-state index < -0.39 is 24.3 Å². The quantitative estimate of drug-likeness (QED) is 0.138. The van der Waals surface area contributed by atoms with Gasteiger partial charge in [0.05, 0.1) is 28.9 Å². The summed E-state index contributed by atoms with van der Waals surface area (Å²) in [6.45, 7) is 8.50. The number of nitrogens with zero attached hydrogens (tertiary/aromatic N) is 6. The van der Waals surface area contributed by atoms with E-state index >= 15 is 0 Å². The molecule has 0 saturated carbocycles. The second-order valence-corrected chi connectivity index (χ2v) is 15.4. The highest BCUT2D eigenvalue weighted by Crippen LogP contribution is 2.39. The van der Waals surface area contributed by atoms with Crippen molar-refractivity contribution in [2.24, 2.45) is 11.8 Å². The number of rotatable bonds is 11. The molecular formula is C33H42N10O6S2. The largest absolute Gasteiger partial charge is 0.465 e. The molecule has 4 aromatic heterocycles. The molecule has 0 unspecified atom stereocenters. The van der Waals surface area contributed by atoms with E-state index in [4.69, 9.17) is 14.7 Å². The van der Waals surface area contributed by atoms with Gasteiger partial charge < -0.3 is 40.2 Å². The summed E-state index contributed by atoms with van der Waals surface area (Å²) in [5.41, 5.74) is 1.41. The standard InChI is InChI=1S/C33H42N10O6S2/c1-16(2)24(40-32(46)47)30(44)42-10-6-8-20(42)26-34-12-18(38-26)22-14-36-28(50-22)29-37-15-23(51-29)19-13-35-27(39-19)21-9-7-11-43(21)31(45)25(17(3)4)41-33(48)49-5/h12-17,20-21,24-25,40H,6-11H2,1-5H3,(H,34,38)(H,35,39)(H,41,48)(H,46,47)/t20-,21-,24-,25-/m0/s1. The Hall–Kier alpha value is -4.84. The van der Waals surface area contributed by atoms with Crippen LogP contribution >= 0.6 is 22.7 Å². The Balaban J connectivity index is 1.13. The van der Waals surface area contributed by atoms with Gasteiger partial charge in [-0.25, -0.2) is 29.5 Å². The van der Waals surface area contributed by atoms with Gasteiger partial charge in [-0.15, -0.1) is 22.7 Å². The lowest BCUT2D eigenvalue weighted by atomic mass is 10.0. The van der Waals surface area contributed by atoms with Crippen LogP contribution in [0.1, 0.15) is 77.1 Å². The fraction of sp³-hybridized carbons (Fsp3) is 0.515. The molecule has 5 N–H and O–H groups in total. The van der Waals surface area contributed by atoms with Crippen LogP contribution in [0.4, 0.5) is 9.59 Å².